The van der Waals surface area contributed by atoms with Gasteiger partial charge >= 0.3 is 11.9 Å². The van der Waals surface area contributed by atoms with E-state index in [4.69, 9.17) is 22.3 Å². The molecule has 1 aromatic carbocycles. The summed E-state index contributed by atoms with van der Waals surface area (Å²) in [6.07, 6.45) is 2.46. The number of carbonyl (C=O) groups excluding carboxylic acids is 3. The van der Waals surface area contributed by atoms with Crippen LogP contribution in [0.25, 0.3) is 10.9 Å². The number of aromatic amines is 1. The molecule has 3 rings (SSSR count). The van der Waals surface area contributed by atoms with Crippen LogP contribution in [0.2, 0.25) is 0 Å². The Hall–Kier alpha value is -4.66. The number of carboxylic acid groups (broad SMARTS) is 2. The van der Waals surface area contributed by atoms with E-state index in [0.717, 1.165) is 10.9 Å². The van der Waals surface area contributed by atoms with E-state index in [-0.39, 0.29) is 12.4 Å². The van der Waals surface area contributed by atoms with Crippen molar-refractivity contribution in [2.45, 2.75) is 62.7 Å². The molecule has 1 aliphatic heterocycles. The van der Waals surface area contributed by atoms with Crippen molar-refractivity contribution in [1.82, 2.24) is 20.5 Å². The number of aromatic nitrogens is 1. The SMILES string of the molecule is NC(N)=NCCCC(N)C(=O)N1CCCC1C(=O)NC(Cc1c[nH]c2ccccc12)C(=O)NC(CC(=O)O)C(=O)O. The number of aliphatic imine (C=N–C) groups is 1. The number of aliphatic carboxylic acids is 2. The molecule has 0 saturated carbocycles. The number of hydrogen-bond donors (Lipinski definition) is 8. The molecule has 3 amide bonds. The van der Waals surface area contributed by atoms with E-state index in [9.17, 15) is 29.1 Å². The summed E-state index contributed by atoms with van der Waals surface area (Å²) >= 11 is 0. The van der Waals surface area contributed by atoms with Crippen LogP contribution in [-0.2, 0) is 30.4 Å². The van der Waals surface area contributed by atoms with Gasteiger partial charge < -0.3 is 47.9 Å². The van der Waals surface area contributed by atoms with Crippen molar-refractivity contribution in [3.63, 3.8) is 0 Å². The van der Waals surface area contributed by atoms with Gasteiger partial charge in [0.1, 0.15) is 18.1 Å². The summed E-state index contributed by atoms with van der Waals surface area (Å²) in [5.41, 5.74) is 18.2. The van der Waals surface area contributed by atoms with Crippen molar-refractivity contribution in [1.29, 1.82) is 0 Å². The van der Waals surface area contributed by atoms with Crippen molar-refractivity contribution in [2.24, 2.45) is 22.2 Å². The molecule has 1 saturated heterocycles. The Morgan fingerprint density at radius 1 is 1.10 bits per heavy atom. The molecule has 1 fully saturated rings. The van der Waals surface area contributed by atoms with Gasteiger partial charge in [-0.05, 0) is 37.3 Å². The zero-order valence-corrected chi connectivity index (χ0v) is 22.4. The van der Waals surface area contributed by atoms with Crippen LogP contribution < -0.4 is 27.8 Å². The Labute approximate surface area is 235 Å². The van der Waals surface area contributed by atoms with Gasteiger partial charge in [-0.1, -0.05) is 18.2 Å². The van der Waals surface area contributed by atoms with Gasteiger partial charge in [0.25, 0.3) is 0 Å². The second-order valence-electron chi connectivity index (χ2n) is 9.87. The fourth-order valence-corrected chi connectivity index (χ4v) is 4.80. The van der Waals surface area contributed by atoms with Crippen LogP contribution in [0.3, 0.4) is 0 Å². The molecule has 15 nitrogen and oxygen atoms in total. The average molecular weight is 573 g/mol. The molecule has 15 heteroatoms. The quantitative estimate of drug-likeness (QED) is 0.0746. The van der Waals surface area contributed by atoms with E-state index in [1.165, 1.54) is 4.90 Å². The maximum absolute atomic E-state index is 13.4. The molecular weight excluding hydrogens is 536 g/mol. The van der Waals surface area contributed by atoms with Gasteiger partial charge in [-0.15, -0.1) is 0 Å². The number of H-pyrrole nitrogens is 1. The third kappa shape index (κ3) is 8.41. The topological polar surface area (TPSA) is 259 Å². The fraction of sp³-hybridized carbons (Fsp3) is 0.462. The number of nitrogens with zero attached hydrogens (tertiary/aromatic N) is 2. The Morgan fingerprint density at radius 2 is 1.83 bits per heavy atom. The second-order valence-corrected chi connectivity index (χ2v) is 9.87. The highest BCUT2D eigenvalue weighted by Crippen LogP contribution is 2.22. The van der Waals surface area contributed by atoms with Crippen LogP contribution in [0.1, 0.15) is 37.7 Å². The third-order valence-corrected chi connectivity index (χ3v) is 6.85. The van der Waals surface area contributed by atoms with Crippen molar-refractivity contribution in [3.8, 4) is 0 Å². The fourth-order valence-electron chi connectivity index (χ4n) is 4.80. The lowest BCUT2D eigenvalue weighted by Crippen LogP contribution is -2.57. The van der Waals surface area contributed by atoms with E-state index in [1.54, 1.807) is 6.20 Å². The maximum Gasteiger partial charge on any atom is 0.326 e. The molecule has 4 unspecified atom stereocenters. The number of hydrogen-bond acceptors (Lipinski definition) is 7. The highest BCUT2D eigenvalue weighted by Gasteiger charge is 2.38. The molecule has 0 bridgehead atoms. The highest BCUT2D eigenvalue weighted by molar-refractivity contribution is 5.95. The largest absolute Gasteiger partial charge is 0.481 e. The second kappa shape index (κ2) is 14.1. The van der Waals surface area contributed by atoms with Crippen LogP contribution in [0.15, 0.2) is 35.5 Å². The first-order chi connectivity index (χ1) is 19.5. The van der Waals surface area contributed by atoms with Gasteiger partial charge in [-0.3, -0.25) is 24.2 Å². The van der Waals surface area contributed by atoms with Crippen molar-refractivity contribution >= 4 is 46.5 Å². The molecule has 0 spiro atoms. The van der Waals surface area contributed by atoms with Gasteiger partial charge in [-0.2, -0.15) is 0 Å². The molecule has 2 aromatic rings. The number of benzene rings is 1. The summed E-state index contributed by atoms with van der Waals surface area (Å²) in [6.45, 7) is 0.606. The summed E-state index contributed by atoms with van der Waals surface area (Å²) < 4.78 is 0. The number of para-hydroxylation sites is 1. The number of carboxylic acids is 2. The third-order valence-electron chi connectivity index (χ3n) is 6.85. The standard InChI is InChI=1S/C26H36N8O7/c27-16(6-3-9-30-26(28)29)24(39)34-10-4-8-20(34)23(38)32-18(22(37)33-19(25(40)41)12-21(35)36)11-14-13-31-17-7-2-1-5-15(14)17/h1-2,5,7,13,16,18-20,31H,3-4,6,8-12,27H2,(H,32,38)(H,33,37)(H,35,36)(H,40,41)(H4,28,29,30). The molecule has 2 heterocycles. The van der Waals surface area contributed by atoms with Gasteiger partial charge in [0.05, 0.1) is 12.5 Å². The van der Waals surface area contributed by atoms with E-state index in [2.05, 4.69) is 20.6 Å². The molecular formula is C26H36N8O7. The molecule has 41 heavy (non-hydrogen) atoms. The van der Waals surface area contributed by atoms with Crippen molar-refractivity contribution in [2.75, 3.05) is 13.1 Å². The van der Waals surface area contributed by atoms with Crippen LogP contribution >= 0.6 is 0 Å². The normalized spacial score (nSPS) is 16.9. The number of carbonyl (C=O) groups is 5. The van der Waals surface area contributed by atoms with Crippen LogP contribution in [0.4, 0.5) is 0 Å². The number of fused-ring (bicyclic) bond motifs is 1. The van der Waals surface area contributed by atoms with E-state index < -0.39 is 60.2 Å². The predicted octanol–water partition coefficient (Wildman–Crippen LogP) is -1.39. The first-order valence-electron chi connectivity index (χ1n) is 13.2. The van der Waals surface area contributed by atoms with Crippen LogP contribution in [0.5, 0.6) is 0 Å². The summed E-state index contributed by atoms with van der Waals surface area (Å²) in [5, 5.41) is 24.2. The summed E-state index contributed by atoms with van der Waals surface area (Å²) in [5.74, 6) is -4.90. The summed E-state index contributed by atoms with van der Waals surface area (Å²) in [4.78, 5) is 70.8. The number of amides is 3. The number of likely N-dealkylation sites (tertiary alicyclic amines) is 1. The molecule has 0 aliphatic carbocycles. The van der Waals surface area contributed by atoms with Crippen molar-refractivity contribution < 1.29 is 34.2 Å². The predicted molar refractivity (Wildman–Crippen MR) is 148 cm³/mol. The molecule has 4 atom stereocenters. The Morgan fingerprint density at radius 3 is 2.51 bits per heavy atom. The molecule has 222 valence electrons. The molecule has 1 aliphatic rings. The highest BCUT2D eigenvalue weighted by atomic mass is 16.4. The van der Waals surface area contributed by atoms with Crippen LogP contribution in [-0.4, -0.2) is 93.0 Å². The Balaban J connectivity index is 1.77. The number of rotatable bonds is 14. The van der Waals surface area contributed by atoms with E-state index in [0.29, 0.717) is 44.3 Å². The number of nitrogens with two attached hydrogens (primary N) is 3. The van der Waals surface area contributed by atoms with Gasteiger partial charge in [0.2, 0.25) is 17.7 Å². The molecule has 0 radical (unpaired) electrons. The smallest absolute Gasteiger partial charge is 0.326 e. The lowest BCUT2D eigenvalue weighted by molar-refractivity contribution is -0.147. The molecule has 11 N–H and O–H groups in total. The van der Waals surface area contributed by atoms with Crippen molar-refractivity contribution in [3.05, 3.63) is 36.0 Å². The zero-order chi connectivity index (χ0) is 30.1. The maximum atomic E-state index is 13.4. The minimum Gasteiger partial charge on any atom is -0.481 e. The summed E-state index contributed by atoms with van der Waals surface area (Å²) in [7, 11) is 0. The van der Waals surface area contributed by atoms with Gasteiger partial charge in [0.15, 0.2) is 5.96 Å². The Kier molecular flexibility index (Phi) is 10.6. The number of guanidine groups is 1. The first kappa shape index (κ1) is 30.9. The minimum atomic E-state index is -1.70. The summed E-state index contributed by atoms with van der Waals surface area (Å²) in [6, 6.07) is 2.57. The zero-order valence-electron chi connectivity index (χ0n) is 22.4. The van der Waals surface area contributed by atoms with Gasteiger partial charge in [0, 0.05) is 36.6 Å². The van der Waals surface area contributed by atoms with E-state index in [1.807, 2.05) is 24.3 Å². The minimum absolute atomic E-state index is 0.0219. The number of nitrogens with one attached hydrogen (secondary N) is 3. The van der Waals surface area contributed by atoms with E-state index >= 15 is 0 Å². The monoisotopic (exact) mass is 572 g/mol. The first-order valence-corrected chi connectivity index (χ1v) is 13.2. The van der Waals surface area contributed by atoms with Gasteiger partial charge in [-0.25, -0.2) is 4.79 Å². The Bertz CT molecular complexity index is 1310. The lowest BCUT2D eigenvalue weighted by atomic mass is 10.0. The van der Waals surface area contributed by atoms with Crippen LogP contribution in [0, 0.1) is 0 Å². The average Bonchev–Trinajstić information content (AvgIpc) is 3.57. The lowest BCUT2D eigenvalue weighted by Gasteiger charge is -2.28. The molecule has 1 aromatic heterocycles.